The summed E-state index contributed by atoms with van der Waals surface area (Å²) >= 11 is 6.12. The summed E-state index contributed by atoms with van der Waals surface area (Å²) in [5.41, 5.74) is 3.18. The normalized spacial score (nSPS) is 12.2. The van der Waals surface area contributed by atoms with Crippen molar-refractivity contribution in [2.24, 2.45) is 0 Å². The van der Waals surface area contributed by atoms with Crippen molar-refractivity contribution in [2.75, 3.05) is 11.9 Å². The van der Waals surface area contributed by atoms with E-state index in [-0.39, 0.29) is 12.6 Å². The summed E-state index contributed by atoms with van der Waals surface area (Å²) in [5.74, 6) is 0. The van der Waals surface area contributed by atoms with Crippen LogP contribution in [0.1, 0.15) is 24.1 Å². The first kappa shape index (κ1) is 13.9. The van der Waals surface area contributed by atoms with Crippen molar-refractivity contribution in [1.82, 2.24) is 0 Å². The molecule has 0 spiro atoms. The highest BCUT2D eigenvalue weighted by atomic mass is 35.5. The van der Waals surface area contributed by atoms with Gasteiger partial charge in [0.25, 0.3) is 0 Å². The van der Waals surface area contributed by atoms with E-state index in [9.17, 15) is 5.11 Å². The molecule has 0 saturated heterocycles. The molecule has 0 aliphatic heterocycles. The van der Waals surface area contributed by atoms with Crippen molar-refractivity contribution in [3.8, 4) is 0 Å². The number of rotatable bonds is 5. The molecule has 2 rings (SSSR count). The number of halogens is 1. The lowest BCUT2D eigenvalue weighted by Gasteiger charge is -2.19. The van der Waals surface area contributed by atoms with Crippen LogP contribution in [0, 0.1) is 0 Å². The van der Waals surface area contributed by atoms with Crippen molar-refractivity contribution < 1.29 is 5.11 Å². The smallest absolute Gasteiger partial charge is 0.0745 e. The van der Waals surface area contributed by atoms with Crippen LogP contribution in [0.2, 0.25) is 5.02 Å². The molecule has 2 N–H and O–H groups in total. The number of para-hydroxylation sites is 1. The zero-order chi connectivity index (χ0) is 13.7. The average Bonchev–Trinajstić information content (AvgIpc) is 2.47. The second-order valence-electron chi connectivity index (χ2n) is 4.45. The monoisotopic (exact) mass is 275 g/mol. The van der Waals surface area contributed by atoms with Crippen molar-refractivity contribution in [1.29, 1.82) is 0 Å². The molecule has 0 heterocycles. The maximum absolute atomic E-state index is 9.55. The first-order valence-corrected chi connectivity index (χ1v) is 6.83. The molecule has 2 aromatic carbocycles. The van der Waals surface area contributed by atoms with Crippen molar-refractivity contribution in [2.45, 2.75) is 19.4 Å². The van der Waals surface area contributed by atoms with Crippen molar-refractivity contribution in [3.05, 3.63) is 64.7 Å². The van der Waals surface area contributed by atoms with Gasteiger partial charge in [-0.1, -0.05) is 54.9 Å². The van der Waals surface area contributed by atoms with E-state index in [2.05, 4.69) is 24.4 Å². The van der Waals surface area contributed by atoms with Gasteiger partial charge in [0, 0.05) is 0 Å². The highest BCUT2D eigenvalue weighted by Gasteiger charge is 2.11. The molecule has 0 fully saturated rings. The predicted molar refractivity (Wildman–Crippen MR) is 80.7 cm³/mol. The van der Waals surface area contributed by atoms with Crippen LogP contribution in [-0.2, 0) is 6.42 Å². The first-order chi connectivity index (χ1) is 9.24. The summed E-state index contributed by atoms with van der Waals surface area (Å²) in [6.07, 6.45) is 1.02. The number of hydrogen-bond acceptors (Lipinski definition) is 2. The fraction of sp³-hybridized carbons (Fsp3) is 0.250. The third kappa shape index (κ3) is 3.49. The molecular weight excluding hydrogens is 258 g/mol. The highest BCUT2D eigenvalue weighted by Crippen LogP contribution is 2.26. The maximum atomic E-state index is 9.55. The fourth-order valence-electron chi connectivity index (χ4n) is 1.99. The summed E-state index contributed by atoms with van der Waals surface area (Å²) in [5, 5.41) is 13.5. The van der Waals surface area contributed by atoms with E-state index in [4.69, 9.17) is 11.6 Å². The van der Waals surface area contributed by atoms with Gasteiger partial charge in [-0.25, -0.2) is 0 Å². The summed E-state index contributed by atoms with van der Waals surface area (Å²) in [6.45, 7) is 2.15. The fourth-order valence-corrected chi connectivity index (χ4v) is 2.18. The Bertz CT molecular complexity index is 525. The Morgan fingerprint density at radius 1 is 1.11 bits per heavy atom. The molecule has 0 saturated carbocycles. The van der Waals surface area contributed by atoms with E-state index < -0.39 is 0 Å². The van der Waals surface area contributed by atoms with Gasteiger partial charge in [-0.05, 0) is 29.7 Å². The van der Waals surface area contributed by atoms with Gasteiger partial charge in [-0.2, -0.15) is 0 Å². The molecular formula is C16H18ClNO. The summed E-state index contributed by atoms with van der Waals surface area (Å²) in [6, 6.07) is 15.7. The van der Waals surface area contributed by atoms with Crippen LogP contribution in [0.25, 0.3) is 0 Å². The van der Waals surface area contributed by atoms with Gasteiger partial charge >= 0.3 is 0 Å². The van der Waals surface area contributed by atoms with Crippen LogP contribution in [0.15, 0.2) is 48.5 Å². The molecule has 0 aliphatic carbocycles. The van der Waals surface area contributed by atoms with Gasteiger partial charge in [0.05, 0.1) is 23.4 Å². The van der Waals surface area contributed by atoms with E-state index in [1.54, 1.807) is 0 Å². The summed E-state index contributed by atoms with van der Waals surface area (Å²) in [7, 11) is 0. The molecule has 3 heteroatoms. The minimum absolute atomic E-state index is 0.0245. The van der Waals surface area contributed by atoms with Crippen molar-refractivity contribution in [3.63, 3.8) is 0 Å². The van der Waals surface area contributed by atoms with E-state index in [1.807, 2.05) is 36.4 Å². The molecule has 0 bridgehead atoms. The molecule has 1 unspecified atom stereocenters. The number of aliphatic hydroxyl groups is 1. The highest BCUT2D eigenvalue weighted by molar-refractivity contribution is 6.33. The Labute approximate surface area is 119 Å². The van der Waals surface area contributed by atoms with Gasteiger partial charge in [0.15, 0.2) is 0 Å². The zero-order valence-corrected chi connectivity index (χ0v) is 11.7. The molecule has 2 aromatic rings. The second-order valence-corrected chi connectivity index (χ2v) is 4.86. The third-order valence-electron chi connectivity index (χ3n) is 3.18. The lowest BCUT2D eigenvalue weighted by molar-refractivity contribution is 0.276. The molecule has 1 atom stereocenters. The Kier molecular flexibility index (Phi) is 4.83. The van der Waals surface area contributed by atoms with Crippen molar-refractivity contribution >= 4 is 17.3 Å². The van der Waals surface area contributed by atoms with Crippen LogP contribution in [0.3, 0.4) is 0 Å². The van der Waals surface area contributed by atoms with Gasteiger partial charge in [0.1, 0.15) is 0 Å². The summed E-state index contributed by atoms with van der Waals surface area (Å²) < 4.78 is 0. The number of aryl methyl sites for hydroxylation is 1. The first-order valence-electron chi connectivity index (χ1n) is 6.45. The van der Waals surface area contributed by atoms with E-state index >= 15 is 0 Å². The lowest BCUT2D eigenvalue weighted by atomic mass is 10.0. The number of hydrogen-bond donors (Lipinski definition) is 2. The molecule has 2 nitrogen and oxygen atoms in total. The molecule has 0 radical (unpaired) electrons. The Morgan fingerprint density at radius 3 is 2.37 bits per heavy atom. The zero-order valence-electron chi connectivity index (χ0n) is 10.9. The average molecular weight is 276 g/mol. The molecule has 0 aromatic heterocycles. The van der Waals surface area contributed by atoms with Gasteiger partial charge in [0.2, 0.25) is 0 Å². The minimum Gasteiger partial charge on any atom is -0.394 e. The standard InChI is InChI=1S/C16H18ClNO/c1-2-12-7-9-13(10-8-12)16(11-19)18-15-6-4-3-5-14(15)17/h3-10,16,18-19H,2,11H2,1H3. The molecule has 19 heavy (non-hydrogen) atoms. The molecule has 0 aliphatic rings. The summed E-state index contributed by atoms with van der Waals surface area (Å²) in [4.78, 5) is 0. The second kappa shape index (κ2) is 6.60. The number of benzene rings is 2. The topological polar surface area (TPSA) is 32.3 Å². The largest absolute Gasteiger partial charge is 0.394 e. The molecule has 100 valence electrons. The SMILES string of the molecule is CCc1ccc(C(CO)Nc2ccccc2Cl)cc1. The Hall–Kier alpha value is -1.51. The minimum atomic E-state index is -0.147. The van der Waals surface area contributed by atoms with Gasteiger partial charge < -0.3 is 10.4 Å². The number of aliphatic hydroxyl groups excluding tert-OH is 1. The van der Waals surface area contributed by atoms with Gasteiger partial charge in [-0.3, -0.25) is 0 Å². The quantitative estimate of drug-likeness (QED) is 0.863. The predicted octanol–water partition coefficient (Wildman–Crippen LogP) is 4.05. The van der Waals surface area contributed by atoms with Crippen LogP contribution in [0.4, 0.5) is 5.69 Å². The Balaban J connectivity index is 2.17. The number of anilines is 1. The third-order valence-corrected chi connectivity index (χ3v) is 3.51. The van der Waals surface area contributed by atoms with Crippen LogP contribution in [0.5, 0.6) is 0 Å². The number of nitrogens with one attached hydrogen (secondary N) is 1. The van der Waals surface area contributed by atoms with E-state index in [0.717, 1.165) is 17.7 Å². The van der Waals surface area contributed by atoms with E-state index in [0.29, 0.717) is 5.02 Å². The van der Waals surface area contributed by atoms with Crippen LogP contribution in [-0.4, -0.2) is 11.7 Å². The van der Waals surface area contributed by atoms with E-state index in [1.165, 1.54) is 5.56 Å². The van der Waals surface area contributed by atoms with Crippen LogP contribution < -0.4 is 5.32 Å². The Morgan fingerprint density at radius 2 is 1.79 bits per heavy atom. The molecule has 0 amide bonds. The lowest BCUT2D eigenvalue weighted by Crippen LogP contribution is -2.15. The van der Waals surface area contributed by atoms with Crippen LogP contribution >= 0.6 is 11.6 Å². The maximum Gasteiger partial charge on any atom is 0.0745 e. The van der Waals surface area contributed by atoms with Gasteiger partial charge in [-0.15, -0.1) is 0 Å².